The fraction of sp³-hybridized carbons (Fsp3) is 0.400. The number of nitrogens with zero attached hydrogens (tertiary/aromatic N) is 3. The van der Waals surface area contributed by atoms with Crippen LogP contribution in [0.3, 0.4) is 0 Å². The Morgan fingerprint density at radius 3 is 3.00 bits per heavy atom. The van der Waals surface area contributed by atoms with Gasteiger partial charge < -0.3 is 10.3 Å². The molecular weight excluding hydrogens is 240 g/mol. The summed E-state index contributed by atoms with van der Waals surface area (Å²) in [7, 11) is 1.95. The number of aryl methyl sites for hydroxylation is 1. The van der Waals surface area contributed by atoms with Crippen LogP contribution in [0.15, 0.2) is 22.7 Å². The van der Waals surface area contributed by atoms with Crippen LogP contribution in [0, 0.1) is 0 Å². The average molecular weight is 254 g/mol. The van der Waals surface area contributed by atoms with Gasteiger partial charge in [0.1, 0.15) is 5.82 Å². The van der Waals surface area contributed by atoms with Crippen LogP contribution in [0.4, 0.5) is 0 Å². The quantitative estimate of drug-likeness (QED) is 0.825. The summed E-state index contributed by atoms with van der Waals surface area (Å²) in [5.74, 6) is 1.86. The van der Waals surface area contributed by atoms with Crippen LogP contribution in [0.1, 0.15) is 10.7 Å². The topological polar surface area (TPSA) is 56.7 Å². The molecule has 0 bridgehead atoms. The van der Waals surface area contributed by atoms with E-state index in [9.17, 15) is 0 Å². The van der Waals surface area contributed by atoms with Gasteiger partial charge in [-0.05, 0) is 17.9 Å². The number of thiophene rings is 1. The fourth-order valence-electron chi connectivity index (χ4n) is 1.35. The Bertz CT molecular complexity index is 436. The van der Waals surface area contributed by atoms with Gasteiger partial charge in [-0.25, -0.2) is 0 Å². The zero-order chi connectivity index (χ0) is 11.4. The molecule has 6 heteroatoms. The fourth-order valence-corrected chi connectivity index (χ4v) is 3.09. The Morgan fingerprint density at radius 2 is 2.38 bits per heavy atom. The van der Waals surface area contributed by atoms with Gasteiger partial charge in [0.05, 0.1) is 6.54 Å². The summed E-state index contributed by atoms with van der Waals surface area (Å²) in [6.07, 6.45) is 1.08. The summed E-state index contributed by atoms with van der Waals surface area (Å²) in [5, 5.41) is 11.2. The standard InChI is InChI=1S/C10H14N4S2/c1-14-9(7-11)12-13-10(14)16-6-4-8-3-2-5-15-8/h2-3,5H,4,6-7,11H2,1H3. The summed E-state index contributed by atoms with van der Waals surface area (Å²) < 4.78 is 1.96. The highest BCUT2D eigenvalue weighted by molar-refractivity contribution is 7.99. The van der Waals surface area contributed by atoms with Crippen molar-refractivity contribution in [1.29, 1.82) is 0 Å². The van der Waals surface area contributed by atoms with Crippen LogP contribution in [-0.4, -0.2) is 20.5 Å². The molecule has 2 N–H and O–H groups in total. The number of rotatable bonds is 5. The number of nitrogens with two attached hydrogens (primary N) is 1. The third-order valence-electron chi connectivity index (χ3n) is 2.27. The normalized spacial score (nSPS) is 10.9. The third-order valence-corrected chi connectivity index (χ3v) is 4.23. The molecule has 0 aliphatic heterocycles. The maximum absolute atomic E-state index is 5.54. The van der Waals surface area contributed by atoms with E-state index in [0.29, 0.717) is 6.54 Å². The third kappa shape index (κ3) is 2.63. The minimum absolute atomic E-state index is 0.439. The highest BCUT2D eigenvalue weighted by atomic mass is 32.2. The summed E-state index contributed by atoms with van der Waals surface area (Å²) >= 11 is 3.52. The summed E-state index contributed by atoms with van der Waals surface area (Å²) in [5.41, 5.74) is 5.54. The Kier molecular flexibility index (Phi) is 3.98. The minimum atomic E-state index is 0.439. The van der Waals surface area contributed by atoms with E-state index in [2.05, 4.69) is 27.7 Å². The van der Waals surface area contributed by atoms with Crippen molar-refractivity contribution in [3.05, 3.63) is 28.2 Å². The van der Waals surface area contributed by atoms with Crippen molar-refractivity contribution >= 4 is 23.1 Å². The number of aromatic nitrogens is 3. The van der Waals surface area contributed by atoms with Crippen molar-refractivity contribution in [3.8, 4) is 0 Å². The second-order valence-corrected chi connectivity index (χ2v) is 5.43. The van der Waals surface area contributed by atoms with E-state index in [1.165, 1.54) is 4.88 Å². The Hall–Kier alpha value is -0.850. The molecule has 86 valence electrons. The van der Waals surface area contributed by atoms with Gasteiger partial charge in [-0.3, -0.25) is 0 Å². The molecule has 0 fully saturated rings. The van der Waals surface area contributed by atoms with Crippen molar-refractivity contribution in [2.45, 2.75) is 18.1 Å². The lowest BCUT2D eigenvalue weighted by molar-refractivity contribution is 0.734. The van der Waals surface area contributed by atoms with Gasteiger partial charge in [-0.15, -0.1) is 21.5 Å². The smallest absolute Gasteiger partial charge is 0.190 e. The molecule has 0 unspecified atom stereocenters. The molecule has 0 saturated carbocycles. The molecule has 2 rings (SSSR count). The largest absolute Gasteiger partial charge is 0.324 e. The van der Waals surface area contributed by atoms with Crippen LogP contribution >= 0.6 is 23.1 Å². The molecule has 0 aliphatic carbocycles. The van der Waals surface area contributed by atoms with E-state index in [1.807, 2.05) is 11.6 Å². The first-order chi connectivity index (χ1) is 7.81. The van der Waals surface area contributed by atoms with E-state index in [0.717, 1.165) is 23.2 Å². The monoisotopic (exact) mass is 254 g/mol. The van der Waals surface area contributed by atoms with Crippen LogP contribution in [0.25, 0.3) is 0 Å². The van der Waals surface area contributed by atoms with E-state index >= 15 is 0 Å². The summed E-state index contributed by atoms with van der Waals surface area (Å²) in [6, 6.07) is 4.24. The van der Waals surface area contributed by atoms with Crippen molar-refractivity contribution < 1.29 is 0 Å². The maximum Gasteiger partial charge on any atom is 0.190 e. The van der Waals surface area contributed by atoms with E-state index in [1.54, 1.807) is 23.1 Å². The molecule has 0 radical (unpaired) electrons. The van der Waals surface area contributed by atoms with Gasteiger partial charge in [0, 0.05) is 17.7 Å². The Morgan fingerprint density at radius 1 is 1.50 bits per heavy atom. The second-order valence-electron chi connectivity index (χ2n) is 3.34. The Labute approximate surface area is 103 Å². The first kappa shape index (κ1) is 11.6. The highest BCUT2D eigenvalue weighted by Gasteiger charge is 2.07. The van der Waals surface area contributed by atoms with Crippen molar-refractivity contribution in [3.63, 3.8) is 0 Å². The van der Waals surface area contributed by atoms with Crippen LogP contribution in [-0.2, 0) is 20.0 Å². The predicted molar refractivity (Wildman–Crippen MR) is 67.6 cm³/mol. The van der Waals surface area contributed by atoms with Gasteiger partial charge in [-0.1, -0.05) is 17.8 Å². The summed E-state index contributed by atoms with van der Waals surface area (Å²) in [4.78, 5) is 1.41. The van der Waals surface area contributed by atoms with Gasteiger partial charge in [0.25, 0.3) is 0 Å². The van der Waals surface area contributed by atoms with Gasteiger partial charge >= 0.3 is 0 Å². The predicted octanol–water partition coefficient (Wildman–Crippen LogP) is 1.67. The lowest BCUT2D eigenvalue weighted by Gasteiger charge is -2.01. The Balaban J connectivity index is 1.87. The number of thioether (sulfide) groups is 1. The first-order valence-corrected chi connectivity index (χ1v) is 6.91. The van der Waals surface area contributed by atoms with E-state index in [4.69, 9.17) is 5.73 Å². The van der Waals surface area contributed by atoms with Crippen LogP contribution in [0.2, 0.25) is 0 Å². The van der Waals surface area contributed by atoms with Gasteiger partial charge in [-0.2, -0.15) is 0 Å². The molecule has 0 aromatic carbocycles. The molecule has 0 aliphatic rings. The van der Waals surface area contributed by atoms with Crippen molar-refractivity contribution in [2.75, 3.05) is 5.75 Å². The molecular formula is C10H14N4S2. The molecule has 0 spiro atoms. The zero-order valence-electron chi connectivity index (χ0n) is 9.09. The van der Waals surface area contributed by atoms with Gasteiger partial charge in [0.15, 0.2) is 5.16 Å². The number of hydrogen-bond acceptors (Lipinski definition) is 5. The molecule has 0 amide bonds. The molecule has 0 saturated heterocycles. The molecule has 0 atom stereocenters. The van der Waals surface area contributed by atoms with Crippen LogP contribution < -0.4 is 5.73 Å². The molecule has 16 heavy (non-hydrogen) atoms. The number of hydrogen-bond donors (Lipinski definition) is 1. The lowest BCUT2D eigenvalue weighted by atomic mass is 10.4. The first-order valence-electron chi connectivity index (χ1n) is 5.04. The molecule has 2 aromatic rings. The average Bonchev–Trinajstić information content (AvgIpc) is 2.90. The van der Waals surface area contributed by atoms with Crippen molar-refractivity contribution in [1.82, 2.24) is 14.8 Å². The summed E-state index contributed by atoms with van der Waals surface area (Å²) in [6.45, 7) is 0.439. The molecule has 2 aromatic heterocycles. The SMILES string of the molecule is Cn1c(CN)nnc1SCCc1cccs1. The van der Waals surface area contributed by atoms with E-state index in [-0.39, 0.29) is 0 Å². The second kappa shape index (κ2) is 5.47. The highest BCUT2D eigenvalue weighted by Crippen LogP contribution is 2.18. The van der Waals surface area contributed by atoms with Crippen molar-refractivity contribution in [2.24, 2.45) is 12.8 Å². The molecule has 4 nitrogen and oxygen atoms in total. The lowest BCUT2D eigenvalue weighted by Crippen LogP contribution is -2.05. The minimum Gasteiger partial charge on any atom is -0.324 e. The maximum atomic E-state index is 5.54. The van der Waals surface area contributed by atoms with E-state index < -0.39 is 0 Å². The van der Waals surface area contributed by atoms with Gasteiger partial charge in [0.2, 0.25) is 0 Å². The van der Waals surface area contributed by atoms with Crippen LogP contribution in [0.5, 0.6) is 0 Å². The zero-order valence-corrected chi connectivity index (χ0v) is 10.7. The molecule has 2 heterocycles.